The molecule has 1 aromatic carbocycles. The van der Waals surface area contributed by atoms with Crippen molar-refractivity contribution in [1.29, 1.82) is 0 Å². The molecule has 1 aliphatic carbocycles. The molecule has 2 N–H and O–H groups in total. The summed E-state index contributed by atoms with van der Waals surface area (Å²) in [6.45, 7) is 2.38. The quantitative estimate of drug-likeness (QED) is 0.913. The zero-order chi connectivity index (χ0) is 16.1. The van der Waals surface area contributed by atoms with Gasteiger partial charge in [-0.05, 0) is 43.7 Å². The van der Waals surface area contributed by atoms with E-state index in [9.17, 15) is 12.8 Å². The average molecular weight is 328 g/mol. The second kappa shape index (κ2) is 5.47. The van der Waals surface area contributed by atoms with Crippen LogP contribution in [0.3, 0.4) is 0 Å². The van der Waals surface area contributed by atoms with Gasteiger partial charge in [-0.15, -0.1) is 0 Å². The van der Waals surface area contributed by atoms with E-state index >= 15 is 0 Å². The molecule has 1 aromatic rings. The normalized spacial score (nSPS) is 28.8. The van der Waals surface area contributed by atoms with Crippen LogP contribution in [0.15, 0.2) is 17.0 Å². The van der Waals surface area contributed by atoms with Gasteiger partial charge in [-0.1, -0.05) is 0 Å². The highest BCUT2D eigenvalue weighted by Crippen LogP contribution is 2.40. The Labute approximate surface area is 130 Å². The summed E-state index contributed by atoms with van der Waals surface area (Å²) in [7, 11) is -2.34. The van der Waals surface area contributed by atoms with Gasteiger partial charge in [0.1, 0.15) is 0 Å². The van der Waals surface area contributed by atoms with Crippen molar-refractivity contribution in [2.24, 2.45) is 17.6 Å². The summed E-state index contributed by atoms with van der Waals surface area (Å²) in [4.78, 5) is 0.0133. The van der Waals surface area contributed by atoms with Crippen molar-refractivity contribution in [1.82, 2.24) is 4.31 Å². The van der Waals surface area contributed by atoms with Crippen molar-refractivity contribution in [3.05, 3.63) is 23.5 Å². The number of hydrogen-bond donors (Lipinski definition) is 1. The number of halogens is 1. The first kappa shape index (κ1) is 15.7. The lowest BCUT2D eigenvalue weighted by molar-refractivity contribution is 0.383. The van der Waals surface area contributed by atoms with Gasteiger partial charge in [-0.3, -0.25) is 0 Å². The molecule has 5 nitrogen and oxygen atoms in total. The third-order valence-corrected chi connectivity index (χ3v) is 6.99. The molecule has 7 heteroatoms. The van der Waals surface area contributed by atoms with Crippen molar-refractivity contribution in [3.63, 3.8) is 0 Å². The van der Waals surface area contributed by atoms with Crippen LogP contribution in [-0.4, -0.2) is 39.0 Å². The standard InChI is InChI=1S/C15H21FN2O3S/c1-9-14(6-5-13(21-2)15(9)16)22(19,20)18-7-10-3-4-12(17)11(10)8-18/h5-6,10-12H,3-4,7-8,17H2,1-2H3. The molecule has 0 bridgehead atoms. The van der Waals surface area contributed by atoms with Crippen LogP contribution in [-0.2, 0) is 10.0 Å². The minimum absolute atomic E-state index is 0.0133. The second-order valence-electron chi connectivity index (χ2n) is 6.19. The summed E-state index contributed by atoms with van der Waals surface area (Å²) >= 11 is 0. The van der Waals surface area contributed by atoms with Crippen molar-refractivity contribution in [3.8, 4) is 5.75 Å². The minimum Gasteiger partial charge on any atom is -0.494 e. The van der Waals surface area contributed by atoms with Crippen LogP contribution in [0, 0.1) is 24.6 Å². The molecule has 3 atom stereocenters. The number of ether oxygens (including phenoxy) is 1. The predicted octanol–water partition coefficient (Wildman–Crippen LogP) is 1.50. The zero-order valence-electron chi connectivity index (χ0n) is 12.8. The second-order valence-corrected chi connectivity index (χ2v) is 8.10. The number of fused-ring (bicyclic) bond motifs is 1. The topological polar surface area (TPSA) is 72.6 Å². The highest BCUT2D eigenvalue weighted by atomic mass is 32.2. The summed E-state index contributed by atoms with van der Waals surface area (Å²) in [5.74, 6) is -0.0252. The molecule has 2 fully saturated rings. The van der Waals surface area contributed by atoms with E-state index in [0.29, 0.717) is 19.0 Å². The van der Waals surface area contributed by atoms with Crippen LogP contribution >= 0.6 is 0 Å². The highest BCUT2D eigenvalue weighted by molar-refractivity contribution is 7.89. The van der Waals surface area contributed by atoms with E-state index in [2.05, 4.69) is 0 Å². The molecule has 0 aromatic heterocycles. The Hall–Kier alpha value is -1.18. The van der Waals surface area contributed by atoms with Crippen molar-refractivity contribution >= 4 is 10.0 Å². The van der Waals surface area contributed by atoms with Gasteiger partial charge < -0.3 is 10.5 Å². The summed E-state index contributed by atoms with van der Waals surface area (Å²) in [5, 5.41) is 0. The number of rotatable bonds is 3. The Kier molecular flexibility index (Phi) is 3.91. The van der Waals surface area contributed by atoms with Crippen LogP contribution < -0.4 is 10.5 Å². The van der Waals surface area contributed by atoms with Gasteiger partial charge in [0.25, 0.3) is 0 Å². The number of sulfonamides is 1. The molecule has 1 aliphatic heterocycles. The number of benzene rings is 1. The van der Waals surface area contributed by atoms with Crippen LogP contribution in [0.1, 0.15) is 18.4 Å². The molecule has 2 aliphatic rings. The molecule has 1 heterocycles. The number of nitrogens with two attached hydrogens (primary N) is 1. The highest BCUT2D eigenvalue weighted by Gasteiger charge is 2.45. The van der Waals surface area contributed by atoms with Gasteiger partial charge in [0.2, 0.25) is 10.0 Å². The van der Waals surface area contributed by atoms with Gasteiger partial charge in [-0.25, -0.2) is 12.8 Å². The Morgan fingerprint density at radius 2 is 2.05 bits per heavy atom. The maximum Gasteiger partial charge on any atom is 0.243 e. The molecule has 0 spiro atoms. The molecular formula is C15H21FN2O3S. The third-order valence-electron chi connectivity index (χ3n) is 5.02. The van der Waals surface area contributed by atoms with Crippen LogP contribution in [0.4, 0.5) is 4.39 Å². The molecule has 22 heavy (non-hydrogen) atoms. The fourth-order valence-corrected chi connectivity index (χ4v) is 5.43. The summed E-state index contributed by atoms with van der Waals surface area (Å²) in [5.41, 5.74) is 6.16. The van der Waals surface area contributed by atoms with E-state index in [1.807, 2.05) is 0 Å². The first-order valence-corrected chi connectivity index (χ1v) is 8.89. The van der Waals surface area contributed by atoms with E-state index < -0.39 is 15.8 Å². The number of hydrogen-bond acceptors (Lipinski definition) is 4. The third kappa shape index (κ3) is 2.31. The first-order valence-electron chi connectivity index (χ1n) is 7.45. The van der Waals surface area contributed by atoms with Crippen LogP contribution in [0.5, 0.6) is 5.75 Å². The van der Waals surface area contributed by atoms with Crippen molar-refractivity contribution in [2.75, 3.05) is 20.2 Å². The van der Waals surface area contributed by atoms with Gasteiger partial charge in [0, 0.05) is 24.7 Å². The minimum atomic E-state index is -3.70. The van der Waals surface area contributed by atoms with Gasteiger partial charge in [0.05, 0.1) is 12.0 Å². The maximum absolute atomic E-state index is 14.1. The zero-order valence-corrected chi connectivity index (χ0v) is 13.6. The maximum atomic E-state index is 14.1. The van der Waals surface area contributed by atoms with Gasteiger partial charge in [0.15, 0.2) is 11.6 Å². The Morgan fingerprint density at radius 3 is 2.68 bits per heavy atom. The molecule has 1 saturated carbocycles. The lowest BCUT2D eigenvalue weighted by Crippen LogP contribution is -2.33. The van der Waals surface area contributed by atoms with Crippen LogP contribution in [0.2, 0.25) is 0 Å². The molecule has 122 valence electrons. The van der Waals surface area contributed by atoms with E-state index in [1.165, 1.54) is 30.5 Å². The average Bonchev–Trinajstić information content (AvgIpc) is 3.05. The van der Waals surface area contributed by atoms with Gasteiger partial charge in [-0.2, -0.15) is 4.31 Å². The smallest absolute Gasteiger partial charge is 0.243 e. The molecule has 0 radical (unpaired) electrons. The van der Waals surface area contributed by atoms with E-state index in [4.69, 9.17) is 10.5 Å². The summed E-state index contributed by atoms with van der Waals surface area (Å²) in [6.07, 6.45) is 1.92. The monoisotopic (exact) mass is 328 g/mol. The van der Waals surface area contributed by atoms with Crippen molar-refractivity contribution < 1.29 is 17.5 Å². The van der Waals surface area contributed by atoms with Crippen molar-refractivity contribution in [2.45, 2.75) is 30.7 Å². The molecular weight excluding hydrogens is 307 g/mol. The molecule has 1 saturated heterocycles. The fraction of sp³-hybridized carbons (Fsp3) is 0.600. The lowest BCUT2D eigenvalue weighted by atomic mass is 9.98. The Morgan fingerprint density at radius 1 is 1.32 bits per heavy atom. The summed E-state index contributed by atoms with van der Waals surface area (Å²) < 4.78 is 46.1. The molecule has 0 amide bonds. The number of nitrogens with zero attached hydrogens (tertiary/aromatic N) is 1. The molecule has 3 rings (SSSR count). The SMILES string of the molecule is COc1ccc(S(=O)(=O)N2CC3CCC(N)C3C2)c(C)c1F. The van der Waals surface area contributed by atoms with Crippen LogP contribution in [0.25, 0.3) is 0 Å². The van der Waals surface area contributed by atoms with E-state index in [1.54, 1.807) is 0 Å². The summed E-state index contributed by atoms with van der Waals surface area (Å²) in [6, 6.07) is 2.84. The first-order chi connectivity index (χ1) is 10.4. The lowest BCUT2D eigenvalue weighted by Gasteiger charge is -2.20. The molecule has 3 unspecified atom stereocenters. The van der Waals surface area contributed by atoms with E-state index in [-0.39, 0.29) is 28.2 Å². The largest absolute Gasteiger partial charge is 0.494 e. The van der Waals surface area contributed by atoms with Gasteiger partial charge >= 0.3 is 0 Å². The number of methoxy groups -OCH3 is 1. The Balaban J connectivity index is 1.93. The predicted molar refractivity (Wildman–Crippen MR) is 80.6 cm³/mol. The van der Waals surface area contributed by atoms with E-state index in [0.717, 1.165) is 12.8 Å². The fourth-order valence-electron chi connectivity index (χ4n) is 3.68. The Bertz CT molecular complexity index is 692.